The lowest BCUT2D eigenvalue weighted by Gasteiger charge is -2.28. The highest BCUT2D eigenvalue weighted by atomic mass is 35.5. The molecule has 2 fully saturated rings. The summed E-state index contributed by atoms with van der Waals surface area (Å²) in [4.78, 5) is 12.3. The maximum atomic E-state index is 12.3. The number of halogens is 1. The van der Waals surface area contributed by atoms with E-state index in [4.69, 9.17) is 11.6 Å². The van der Waals surface area contributed by atoms with E-state index in [0.29, 0.717) is 16.6 Å². The molecular weight excluding hydrogens is 274 g/mol. The maximum absolute atomic E-state index is 12.3. The fourth-order valence-electron chi connectivity index (χ4n) is 4.00. The van der Waals surface area contributed by atoms with Crippen LogP contribution >= 0.6 is 11.6 Å². The predicted molar refractivity (Wildman–Crippen MR) is 78.8 cm³/mol. The average Bonchev–Trinajstić information content (AvgIpc) is 3.12. The minimum Gasteiger partial charge on any atom is -0.348 e. The van der Waals surface area contributed by atoms with E-state index in [1.165, 1.54) is 25.7 Å². The number of hydrogen-bond acceptors (Lipinski definition) is 2. The fraction of sp³-hybridized carbons (Fsp3) is 0.733. The lowest BCUT2D eigenvalue weighted by Crippen LogP contribution is -2.40. The Balaban J connectivity index is 1.64. The zero-order valence-electron chi connectivity index (χ0n) is 12.1. The summed E-state index contributed by atoms with van der Waals surface area (Å²) in [6.45, 7) is 4.81. The Labute approximate surface area is 124 Å². The summed E-state index contributed by atoms with van der Waals surface area (Å²) < 4.78 is 1.69. The molecule has 1 N–H and O–H groups in total. The number of amides is 1. The minimum atomic E-state index is -0.141. The van der Waals surface area contributed by atoms with Crippen molar-refractivity contribution in [1.29, 1.82) is 0 Å². The van der Waals surface area contributed by atoms with E-state index in [-0.39, 0.29) is 11.9 Å². The van der Waals surface area contributed by atoms with Gasteiger partial charge in [-0.05, 0) is 50.9 Å². The van der Waals surface area contributed by atoms with Gasteiger partial charge in [-0.3, -0.25) is 9.48 Å². The maximum Gasteiger partial charge on any atom is 0.273 e. The summed E-state index contributed by atoms with van der Waals surface area (Å²) >= 11 is 6.08. The number of aromatic nitrogens is 2. The van der Waals surface area contributed by atoms with Gasteiger partial charge in [0.05, 0.1) is 5.02 Å². The number of hydrogen-bond donors (Lipinski definition) is 1. The number of rotatable bonds is 4. The molecule has 2 aliphatic rings. The van der Waals surface area contributed by atoms with Gasteiger partial charge in [-0.15, -0.1) is 0 Å². The van der Waals surface area contributed by atoms with E-state index in [1.54, 1.807) is 10.9 Å². The zero-order valence-corrected chi connectivity index (χ0v) is 12.9. The molecule has 1 heterocycles. The molecule has 1 amide bonds. The summed E-state index contributed by atoms with van der Waals surface area (Å²) in [5, 5.41) is 7.77. The Morgan fingerprint density at radius 2 is 2.35 bits per heavy atom. The Morgan fingerprint density at radius 1 is 1.55 bits per heavy atom. The second kappa shape index (κ2) is 5.40. The van der Waals surface area contributed by atoms with Gasteiger partial charge < -0.3 is 5.32 Å². The molecule has 0 aromatic carbocycles. The first-order valence-electron chi connectivity index (χ1n) is 7.62. The van der Waals surface area contributed by atoms with Crippen LogP contribution in [-0.4, -0.2) is 21.7 Å². The quantitative estimate of drug-likeness (QED) is 0.928. The predicted octanol–water partition coefficient (Wildman–Crippen LogP) is 3.11. The van der Waals surface area contributed by atoms with Crippen molar-refractivity contribution >= 4 is 17.5 Å². The summed E-state index contributed by atoms with van der Waals surface area (Å²) in [5.41, 5.74) is 0.350. The normalized spacial score (nSPS) is 29.6. The molecule has 0 spiro atoms. The molecule has 1 aromatic rings. The van der Waals surface area contributed by atoms with Crippen molar-refractivity contribution in [2.45, 2.75) is 52.1 Å². The largest absolute Gasteiger partial charge is 0.348 e. The van der Waals surface area contributed by atoms with Gasteiger partial charge in [0.25, 0.3) is 5.91 Å². The fourth-order valence-corrected chi connectivity index (χ4v) is 4.24. The molecule has 110 valence electrons. The number of fused-ring (bicyclic) bond motifs is 2. The lowest BCUT2D eigenvalue weighted by molar-refractivity contribution is 0.0909. The molecular formula is C15H22ClN3O. The van der Waals surface area contributed by atoms with Gasteiger partial charge in [0.15, 0.2) is 5.69 Å². The summed E-state index contributed by atoms with van der Waals surface area (Å²) in [7, 11) is 0. The van der Waals surface area contributed by atoms with Crippen molar-refractivity contribution in [3.63, 3.8) is 0 Å². The van der Waals surface area contributed by atoms with E-state index in [2.05, 4.69) is 17.3 Å². The molecule has 3 rings (SSSR count). The van der Waals surface area contributed by atoms with Crippen molar-refractivity contribution in [1.82, 2.24) is 15.1 Å². The Bertz CT molecular complexity index is 513. The number of carbonyl (C=O) groups is 1. The second-order valence-electron chi connectivity index (χ2n) is 6.28. The molecule has 5 heteroatoms. The van der Waals surface area contributed by atoms with Crippen LogP contribution < -0.4 is 5.32 Å². The third-order valence-electron chi connectivity index (χ3n) is 5.05. The van der Waals surface area contributed by atoms with Crippen LogP contribution in [0.25, 0.3) is 0 Å². The molecule has 0 aliphatic heterocycles. The molecule has 2 bridgehead atoms. The monoisotopic (exact) mass is 295 g/mol. The molecule has 4 nitrogen and oxygen atoms in total. The first-order chi connectivity index (χ1) is 9.58. The molecule has 2 saturated carbocycles. The summed E-state index contributed by atoms with van der Waals surface area (Å²) in [6, 6.07) is 0.209. The highest BCUT2D eigenvalue weighted by molar-refractivity contribution is 6.33. The third-order valence-corrected chi connectivity index (χ3v) is 5.33. The van der Waals surface area contributed by atoms with Crippen molar-refractivity contribution in [3.05, 3.63) is 16.9 Å². The lowest BCUT2D eigenvalue weighted by atomic mass is 9.84. The van der Waals surface area contributed by atoms with E-state index in [9.17, 15) is 4.79 Å². The first-order valence-corrected chi connectivity index (χ1v) is 8.00. The molecule has 0 saturated heterocycles. The van der Waals surface area contributed by atoms with Crippen LogP contribution in [0.1, 0.15) is 50.0 Å². The molecule has 0 radical (unpaired) electrons. The standard InChI is InChI=1S/C15H22ClN3O/c1-3-19-8-13(16)14(18-19)15(20)17-9(2)12-7-10-4-5-11(12)6-10/h8-12H,3-7H2,1-2H3,(H,17,20). The van der Waals surface area contributed by atoms with Gasteiger partial charge in [-0.1, -0.05) is 18.0 Å². The van der Waals surface area contributed by atoms with Crippen molar-refractivity contribution in [2.75, 3.05) is 0 Å². The summed E-state index contributed by atoms with van der Waals surface area (Å²) in [6.07, 6.45) is 7.05. The Morgan fingerprint density at radius 3 is 2.90 bits per heavy atom. The molecule has 4 atom stereocenters. The van der Waals surface area contributed by atoms with Crippen LogP contribution in [0.15, 0.2) is 6.20 Å². The number of nitrogens with one attached hydrogen (secondary N) is 1. The van der Waals surface area contributed by atoms with E-state index in [1.807, 2.05) is 6.92 Å². The van der Waals surface area contributed by atoms with E-state index >= 15 is 0 Å². The van der Waals surface area contributed by atoms with Crippen molar-refractivity contribution in [2.24, 2.45) is 17.8 Å². The van der Waals surface area contributed by atoms with Crippen LogP contribution in [0, 0.1) is 17.8 Å². The third kappa shape index (κ3) is 2.46. The van der Waals surface area contributed by atoms with Gasteiger partial charge in [-0.25, -0.2) is 0 Å². The molecule has 1 aromatic heterocycles. The summed E-state index contributed by atoms with van der Waals surface area (Å²) in [5.74, 6) is 2.19. The second-order valence-corrected chi connectivity index (χ2v) is 6.69. The first kappa shape index (κ1) is 13.9. The van der Waals surface area contributed by atoms with Crippen LogP contribution in [-0.2, 0) is 6.54 Å². The zero-order chi connectivity index (χ0) is 14.3. The number of nitrogens with zero attached hydrogens (tertiary/aromatic N) is 2. The number of aryl methyl sites for hydroxylation is 1. The number of carbonyl (C=O) groups excluding carboxylic acids is 1. The SMILES string of the molecule is CCn1cc(Cl)c(C(=O)NC(C)C2CC3CCC2C3)n1. The van der Waals surface area contributed by atoms with Gasteiger partial charge >= 0.3 is 0 Å². The topological polar surface area (TPSA) is 46.9 Å². The van der Waals surface area contributed by atoms with Gasteiger partial charge in [-0.2, -0.15) is 5.10 Å². The minimum absolute atomic E-state index is 0.141. The highest BCUT2D eigenvalue weighted by Gasteiger charge is 2.42. The van der Waals surface area contributed by atoms with Crippen molar-refractivity contribution < 1.29 is 4.79 Å². The highest BCUT2D eigenvalue weighted by Crippen LogP contribution is 2.49. The van der Waals surface area contributed by atoms with Crippen molar-refractivity contribution in [3.8, 4) is 0 Å². The van der Waals surface area contributed by atoms with Gasteiger partial charge in [0.2, 0.25) is 0 Å². The van der Waals surface area contributed by atoms with E-state index in [0.717, 1.165) is 18.4 Å². The molecule has 20 heavy (non-hydrogen) atoms. The molecule has 4 unspecified atom stereocenters. The Kier molecular flexibility index (Phi) is 3.76. The smallest absolute Gasteiger partial charge is 0.273 e. The van der Waals surface area contributed by atoms with Gasteiger partial charge in [0, 0.05) is 18.8 Å². The van der Waals surface area contributed by atoms with Crippen LogP contribution in [0.3, 0.4) is 0 Å². The molecule has 2 aliphatic carbocycles. The van der Waals surface area contributed by atoms with Crippen LogP contribution in [0.4, 0.5) is 0 Å². The van der Waals surface area contributed by atoms with E-state index < -0.39 is 0 Å². The van der Waals surface area contributed by atoms with Crippen LogP contribution in [0.2, 0.25) is 5.02 Å². The Hall–Kier alpha value is -1.03. The van der Waals surface area contributed by atoms with Crippen LogP contribution in [0.5, 0.6) is 0 Å². The average molecular weight is 296 g/mol. The van der Waals surface area contributed by atoms with Gasteiger partial charge in [0.1, 0.15) is 0 Å².